The summed E-state index contributed by atoms with van der Waals surface area (Å²) in [6.07, 6.45) is 4.85. The number of piperazine rings is 1. The van der Waals surface area contributed by atoms with E-state index in [4.69, 9.17) is 9.47 Å². The van der Waals surface area contributed by atoms with Crippen LogP contribution < -0.4 is 9.47 Å². The lowest BCUT2D eigenvalue weighted by Gasteiger charge is -2.34. The summed E-state index contributed by atoms with van der Waals surface area (Å²) in [7, 11) is 0. The third-order valence-electron chi connectivity index (χ3n) is 5.05. The van der Waals surface area contributed by atoms with Gasteiger partial charge in [-0.25, -0.2) is 4.98 Å². The summed E-state index contributed by atoms with van der Waals surface area (Å²) in [6, 6.07) is 5.40. The Hall–Kier alpha value is -2.54. The fourth-order valence-electron chi connectivity index (χ4n) is 3.49. The normalized spacial score (nSPS) is 16.9. The molecule has 26 heavy (non-hydrogen) atoms. The Morgan fingerprint density at radius 2 is 1.92 bits per heavy atom. The fraction of sp³-hybridized carbons (Fsp3) is 0.474. The van der Waals surface area contributed by atoms with Crippen LogP contribution in [0.5, 0.6) is 11.5 Å². The largest absolute Gasteiger partial charge is 0.454 e. The second-order valence-electron chi connectivity index (χ2n) is 6.59. The number of fused-ring (bicyclic) bond motifs is 1. The molecule has 1 aromatic heterocycles. The van der Waals surface area contributed by atoms with Crippen LogP contribution in [0.3, 0.4) is 0 Å². The SMILES string of the molecule is CCc1nccn1CCN1CCN(C(=O)c2ccc3c(c2)OCO3)CC1. The molecular formula is C19H24N4O3. The van der Waals surface area contributed by atoms with Crippen molar-refractivity contribution >= 4 is 5.91 Å². The van der Waals surface area contributed by atoms with Crippen LogP contribution in [-0.2, 0) is 13.0 Å². The van der Waals surface area contributed by atoms with E-state index >= 15 is 0 Å². The first-order valence-electron chi connectivity index (χ1n) is 9.16. The van der Waals surface area contributed by atoms with Gasteiger partial charge in [-0.05, 0) is 18.2 Å². The van der Waals surface area contributed by atoms with E-state index in [1.165, 1.54) is 0 Å². The molecule has 0 spiro atoms. The molecule has 1 amide bonds. The fourth-order valence-corrected chi connectivity index (χ4v) is 3.49. The highest BCUT2D eigenvalue weighted by Gasteiger charge is 2.24. The summed E-state index contributed by atoms with van der Waals surface area (Å²) in [4.78, 5) is 21.4. The van der Waals surface area contributed by atoms with Crippen LogP contribution in [0.15, 0.2) is 30.6 Å². The van der Waals surface area contributed by atoms with Crippen molar-refractivity contribution in [3.63, 3.8) is 0 Å². The van der Waals surface area contributed by atoms with Crippen LogP contribution in [0.25, 0.3) is 0 Å². The predicted molar refractivity (Wildman–Crippen MR) is 96.5 cm³/mol. The number of amides is 1. The molecule has 4 rings (SSSR count). The first kappa shape index (κ1) is 16.9. The molecule has 7 heteroatoms. The molecule has 0 N–H and O–H groups in total. The molecule has 0 atom stereocenters. The van der Waals surface area contributed by atoms with Gasteiger partial charge < -0.3 is 18.9 Å². The molecule has 1 saturated heterocycles. The van der Waals surface area contributed by atoms with Crippen LogP contribution >= 0.6 is 0 Å². The highest BCUT2D eigenvalue weighted by Crippen LogP contribution is 2.32. The molecule has 7 nitrogen and oxygen atoms in total. The molecule has 0 aliphatic carbocycles. The third kappa shape index (κ3) is 3.39. The maximum atomic E-state index is 12.7. The Balaban J connectivity index is 1.30. The standard InChI is InChI=1S/C19H24N4O3/c1-2-18-20-5-6-22(18)10-7-21-8-11-23(12-9-21)19(24)15-3-4-16-17(13-15)26-14-25-16/h3-6,13H,2,7-12,14H2,1H3. The van der Waals surface area contributed by atoms with Gasteiger partial charge in [-0.15, -0.1) is 0 Å². The number of imidazole rings is 1. The molecule has 138 valence electrons. The maximum absolute atomic E-state index is 12.7. The summed E-state index contributed by atoms with van der Waals surface area (Å²) in [5.74, 6) is 2.55. The van der Waals surface area contributed by atoms with Crippen molar-refractivity contribution in [2.24, 2.45) is 0 Å². The summed E-state index contributed by atoms with van der Waals surface area (Å²) in [5.41, 5.74) is 0.661. The van der Waals surface area contributed by atoms with E-state index < -0.39 is 0 Å². The molecule has 2 aromatic rings. The first-order chi connectivity index (χ1) is 12.7. The van der Waals surface area contributed by atoms with Gasteiger partial charge in [0.05, 0.1) is 0 Å². The van der Waals surface area contributed by atoms with Crippen molar-refractivity contribution in [1.29, 1.82) is 0 Å². The van der Waals surface area contributed by atoms with Crippen molar-refractivity contribution in [1.82, 2.24) is 19.4 Å². The number of carbonyl (C=O) groups is 1. The van der Waals surface area contributed by atoms with Crippen LogP contribution in [0.4, 0.5) is 0 Å². The zero-order valence-corrected chi connectivity index (χ0v) is 15.1. The topological polar surface area (TPSA) is 59.8 Å². The van der Waals surface area contributed by atoms with E-state index in [0.717, 1.165) is 51.5 Å². The second kappa shape index (κ2) is 7.37. The van der Waals surface area contributed by atoms with Crippen molar-refractivity contribution in [3.8, 4) is 11.5 Å². The van der Waals surface area contributed by atoms with Gasteiger partial charge in [0.1, 0.15) is 5.82 Å². The maximum Gasteiger partial charge on any atom is 0.254 e. The minimum absolute atomic E-state index is 0.0610. The highest BCUT2D eigenvalue weighted by atomic mass is 16.7. The lowest BCUT2D eigenvalue weighted by molar-refractivity contribution is 0.0632. The Kier molecular flexibility index (Phi) is 4.79. The molecule has 2 aliphatic rings. The number of aromatic nitrogens is 2. The number of aryl methyl sites for hydroxylation is 1. The number of nitrogens with zero attached hydrogens (tertiary/aromatic N) is 4. The molecule has 2 aliphatic heterocycles. The summed E-state index contributed by atoms with van der Waals surface area (Å²) in [5, 5.41) is 0. The molecule has 3 heterocycles. The zero-order chi connectivity index (χ0) is 17.9. The molecule has 0 unspecified atom stereocenters. The minimum Gasteiger partial charge on any atom is -0.454 e. The average molecular weight is 356 g/mol. The summed E-state index contributed by atoms with van der Waals surface area (Å²) >= 11 is 0. The number of rotatable bonds is 5. The van der Waals surface area contributed by atoms with Crippen LogP contribution in [0.2, 0.25) is 0 Å². The van der Waals surface area contributed by atoms with Gasteiger partial charge in [-0.2, -0.15) is 0 Å². The van der Waals surface area contributed by atoms with Crippen LogP contribution in [0, 0.1) is 0 Å². The van der Waals surface area contributed by atoms with Gasteiger partial charge in [0, 0.05) is 63.6 Å². The van der Waals surface area contributed by atoms with Gasteiger partial charge in [0.2, 0.25) is 6.79 Å². The molecule has 0 bridgehead atoms. The molecule has 0 radical (unpaired) electrons. The lowest BCUT2D eigenvalue weighted by atomic mass is 10.1. The van der Waals surface area contributed by atoms with Crippen LogP contribution in [0.1, 0.15) is 23.1 Å². The van der Waals surface area contributed by atoms with Crippen molar-refractivity contribution in [3.05, 3.63) is 42.0 Å². The van der Waals surface area contributed by atoms with Gasteiger partial charge in [-0.3, -0.25) is 9.69 Å². The minimum atomic E-state index is 0.0610. The van der Waals surface area contributed by atoms with Gasteiger partial charge in [0.15, 0.2) is 11.5 Å². The average Bonchev–Trinajstić information content (AvgIpc) is 3.34. The van der Waals surface area contributed by atoms with E-state index in [1.54, 1.807) is 6.07 Å². The van der Waals surface area contributed by atoms with E-state index in [9.17, 15) is 4.79 Å². The second-order valence-corrected chi connectivity index (χ2v) is 6.59. The van der Waals surface area contributed by atoms with Crippen LogP contribution in [-0.4, -0.2) is 64.8 Å². The van der Waals surface area contributed by atoms with Gasteiger partial charge >= 0.3 is 0 Å². The van der Waals surface area contributed by atoms with E-state index in [1.807, 2.05) is 29.4 Å². The number of ether oxygens (including phenoxy) is 2. The van der Waals surface area contributed by atoms with Gasteiger partial charge in [0.25, 0.3) is 5.91 Å². The molecule has 0 saturated carbocycles. The Bertz CT molecular complexity index is 781. The quantitative estimate of drug-likeness (QED) is 0.815. The summed E-state index contributed by atoms with van der Waals surface area (Å²) in [6.45, 7) is 7.56. The number of hydrogen-bond acceptors (Lipinski definition) is 5. The van der Waals surface area contributed by atoms with E-state index in [0.29, 0.717) is 17.1 Å². The molecule has 1 aromatic carbocycles. The Labute approximate surface area is 153 Å². The monoisotopic (exact) mass is 356 g/mol. The number of carbonyl (C=O) groups excluding carboxylic acids is 1. The van der Waals surface area contributed by atoms with Crippen molar-refractivity contribution in [2.45, 2.75) is 19.9 Å². The van der Waals surface area contributed by atoms with E-state index in [2.05, 4.69) is 21.4 Å². The molecule has 1 fully saturated rings. The highest BCUT2D eigenvalue weighted by molar-refractivity contribution is 5.95. The van der Waals surface area contributed by atoms with Crippen molar-refractivity contribution in [2.75, 3.05) is 39.5 Å². The third-order valence-corrected chi connectivity index (χ3v) is 5.05. The van der Waals surface area contributed by atoms with Crippen molar-refractivity contribution < 1.29 is 14.3 Å². The predicted octanol–water partition coefficient (Wildman–Crippen LogP) is 1.63. The Morgan fingerprint density at radius 1 is 1.12 bits per heavy atom. The Morgan fingerprint density at radius 3 is 2.73 bits per heavy atom. The summed E-state index contributed by atoms with van der Waals surface area (Å²) < 4.78 is 12.9. The molecular weight excluding hydrogens is 332 g/mol. The number of benzene rings is 1. The first-order valence-corrected chi connectivity index (χ1v) is 9.16. The zero-order valence-electron chi connectivity index (χ0n) is 15.1. The van der Waals surface area contributed by atoms with Gasteiger partial charge in [-0.1, -0.05) is 6.92 Å². The lowest BCUT2D eigenvalue weighted by Crippen LogP contribution is -2.49. The number of hydrogen-bond donors (Lipinski definition) is 0. The van der Waals surface area contributed by atoms with E-state index in [-0.39, 0.29) is 12.7 Å². The smallest absolute Gasteiger partial charge is 0.254 e.